The summed E-state index contributed by atoms with van der Waals surface area (Å²) in [5.74, 6) is 0.151. The minimum absolute atomic E-state index is 0.0655. The third-order valence-electron chi connectivity index (χ3n) is 5.36. The molecule has 2 aliphatic heterocycles. The van der Waals surface area contributed by atoms with Crippen molar-refractivity contribution in [2.24, 2.45) is 0 Å². The maximum absolute atomic E-state index is 12.6. The summed E-state index contributed by atoms with van der Waals surface area (Å²) in [5, 5.41) is 0. The Morgan fingerprint density at radius 2 is 1.92 bits per heavy atom. The van der Waals surface area contributed by atoms with Gasteiger partial charge in [-0.3, -0.25) is 13.8 Å². The molecule has 1 spiro atoms. The van der Waals surface area contributed by atoms with E-state index in [2.05, 4.69) is 0 Å². The number of hydrogen-bond acceptors (Lipinski definition) is 4. The summed E-state index contributed by atoms with van der Waals surface area (Å²) in [6.45, 7) is 2.00. The van der Waals surface area contributed by atoms with Gasteiger partial charge in [-0.15, -0.1) is 0 Å². The summed E-state index contributed by atoms with van der Waals surface area (Å²) in [7, 11) is 0.385. The van der Waals surface area contributed by atoms with Crippen LogP contribution in [0.1, 0.15) is 24.8 Å². The van der Waals surface area contributed by atoms with Crippen molar-refractivity contribution in [3.05, 3.63) is 35.9 Å². The molecule has 1 aromatic rings. The molecule has 1 aromatic carbocycles. The monoisotopic (exact) mass is 378 g/mol. The first kappa shape index (κ1) is 19.0. The van der Waals surface area contributed by atoms with Gasteiger partial charge in [-0.2, -0.15) is 0 Å². The van der Waals surface area contributed by atoms with Gasteiger partial charge in [0.15, 0.2) is 0 Å². The van der Waals surface area contributed by atoms with E-state index in [0.29, 0.717) is 45.5 Å². The Morgan fingerprint density at radius 1 is 1.23 bits per heavy atom. The standard InChI is InChI=1S/C19H26N2O4S/c1-25-14-13-21-18(23)15-26(24)19(21)9-11-20(12-10-19)17(22)8-7-16-5-3-2-4-6-16/h2-6H,7-15H2,1H3. The molecule has 7 heteroatoms. The van der Waals surface area contributed by atoms with Gasteiger partial charge in [-0.25, -0.2) is 0 Å². The fourth-order valence-electron chi connectivity index (χ4n) is 3.84. The number of carbonyl (C=O) groups is 2. The van der Waals surface area contributed by atoms with Gasteiger partial charge >= 0.3 is 0 Å². The Hall–Kier alpha value is -1.73. The number of likely N-dealkylation sites (tertiary alicyclic amines) is 1. The van der Waals surface area contributed by atoms with Crippen LogP contribution in [0.4, 0.5) is 0 Å². The number of aryl methyl sites for hydroxylation is 1. The zero-order valence-electron chi connectivity index (χ0n) is 15.2. The van der Waals surface area contributed by atoms with Gasteiger partial charge in [0, 0.05) is 46.0 Å². The smallest absolute Gasteiger partial charge is 0.236 e. The minimum Gasteiger partial charge on any atom is -0.383 e. The molecule has 1 unspecified atom stereocenters. The van der Waals surface area contributed by atoms with E-state index in [-0.39, 0.29) is 17.6 Å². The number of rotatable bonds is 6. The molecule has 142 valence electrons. The zero-order valence-corrected chi connectivity index (χ0v) is 16.0. The lowest BCUT2D eigenvalue weighted by molar-refractivity contribution is -0.135. The molecule has 2 saturated heterocycles. The fourth-order valence-corrected chi connectivity index (χ4v) is 5.57. The van der Waals surface area contributed by atoms with Crippen LogP contribution in [0, 0.1) is 0 Å². The van der Waals surface area contributed by atoms with Crippen LogP contribution in [0.3, 0.4) is 0 Å². The van der Waals surface area contributed by atoms with E-state index in [1.165, 1.54) is 0 Å². The second kappa shape index (κ2) is 8.31. The van der Waals surface area contributed by atoms with E-state index >= 15 is 0 Å². The summed E-state index contributed by atoms with van der Waals surface area (Å²) >= 11 is 0. The topological polar surface area (TPSA) is 66.9 Å². The van der Waals surface area contributed by atoms with E-state index in [9.17, 15) is 13.8 Å². The maximum atomic E-state index is 12.6. The summed E-state index contributed by atoms with van der Waals surface area (Å²) in [6, 6.07) is 9.98. The predicted molar refractivity (Wildman–Crippen MR) is 99.9 cm³/mol. The second-order valence-corrected chi connectivity index (χ2v) is 8.58. The average Bonchev–Trinajstić information content (AvgIpc) is 2.89. The highest BCUT2D eigenvalue weighted by Crippen LogP contribution is 2.37. The first-order valence-electron chi connectivity index (χ1n) is 9.06. The van der Waals surface area contributed by atoms with Crippen LogP contribution >= 0.6 is 0 Å². The molecule has 6 nitrogen and oxygen atoms in total. The van der Waals surface area contributed by atoms with Crippen LogP contribution in [0.2, 0.25) is 0 Å². The Morgan fingerprint density at radius 3 is 2.58 bits per heavy atom. The van der Waals surface area contributed by atoms with Crippen LogP contribution < -0.4 is 0 Å². The highest BCUT2D eigenvalue weighted by molar-refractivity contribution is 7.87. The average molecular weight is 378 g/mol. The van der Waals surface area contributed by atoms with Crippen molar-refractivity contribution >= 4 is 22.6 Å². The Bertz CT molecular complexity index is 671. The number of methoxy groups -OCH3 is 1. The second-order valence-electron chi connectivity index (χ2n) is 6.84. The molecule has 0 bridgehead atoms. The van der Waals surface area contributed by atoms with Crippen molar-refractivity contribution in [1.82, 2.24) is 9.80 Å². The molecule has 2 amide bonds. The molecule has 2 heterocycles. The summed E-state index contributed by atoms with van der Waals surface area (Å²) < 4.78 is 17.7. The lowest BCUT2D eigenvalue weighted by Gasteiger charge is -2.43. The van der Waals surface area contributed by atoms with E-state index in [4.69, 9.17) is 4.74 Å². The van der Waals surface area contributed by atoms with Crippen molar-refractivity contribution in [2.75, 3.05) is 39.1 Å². The first-order chi connectivity index (χ1) is 12.6. The molecule has 0 aromatic heterocycles. The third kappa shape index (κ3) is 3.83. The van der Waals surface area contributed by atoms with E-state index in [0.717, 1.165) is 12.0 Å². The number of hydrogen-bond donors (Lipinski definition) is 0. The van der Waals surface area contributed by atoms with Crippen LogP contribution in [0.25, 0.3) is 0 Å². The number of benzene rings is 1. The number of nitrogens with zero attached hydrogens (tertiary/aromatic N) is 2. The number of carbonyl (C=O) groups excluding carboxylic acids is 2. The lowest BCUT2D eigenvalue weighted by atomic mass is 10.0. The Balaban J connectivity index is 1.58. The van der Waals surface area contributed by atoms with Gasteiger partial charge in [-0.05, 0) is 12.0 Å². The van der Waals surface area contributed by atoms with Crippen molar-refractivity contribution in [3.8, 4) is 0 Å². The molecular formula is C19H26N2O4S. The minimum atomic E-state index is -1.21. The highest BCUT2D eigenvalue weighted by Gasteiger charge is 2.52. The molecule has 0 saturated carbocycles. The van der Waals surface area contributed by atoms with Gasteiger partial charge in [0.2, 0.25) is 11.8 Å². The summed E-state index contributed by atoms with van der Waals surface area (Å²) in [4.78, 5) is 27.7. The van der Waals surface area contributed by atoms with Crippen molar-refractivity contribution in [2.45, 2.75) is 30.6 Å². The number of amides is 2. The predicted octanol–water partition coefficient (Wildman–Crippen LogP) is 1.18. The Kier molecular flexibility index (Phi) is 6.09. The molecule has 2 fully saturated rings. The van der Waals surface area contributed by atoms with Crippen molar-refractivity contribution < 1.29 is 18.5 Å². The number of ether oxygens (including phenoxy) is 1. The fraction of sp³-hybridized carbons (Fsp3) is 0.579. The summed E-state index contributed by atoms with van der Waals surface area (Å²) in [6.07, 6.45) is 2.36. The van der Waals surface area contributed by atoms with Gasteiger partial charge in [-0.1, -0.05) is 30.3 Å². The highest BCUT2D eigenvalue weighted by atomic mass is 32.2. The van der Waals surface area contributed by atoms with Crippen molar-refractivity contribution in [3.63, 3.8) is 0 Å². The van der Waals surface area contributed by atoms with Crippen LogP contribution in [-0.4, -0.2) is 69.8 Å². The zero-order chi connectivity index (χ0) is 18.6. The molecule has 0 N–H and O–H groups in total. The largest absolute Gasteiger partial charge is 0.383 e. The van der Waals surface area contributed by atoms with Gasteiger partial charge < -0.3 is 14.5 Å². The maximum Gasteiger partial charge on any atom is 0.236 e. The van der Waals surface area contributed by atoms with Gasteiger partial charge in [0.1, 0.15) is 10.6 Å². The van der Waals surface area contributed by atoms with Crippen LogP contribution in [-0.2, 0) is 31.5 Å². The molecule has 3 rings (SSSR count). The van der Waals surface area contributed by atoms with E-state index < -0.39 is 15.7 Å². The molecular weight excluding hydrogens is 352 g/mol. The molecule has 0 radical (unpaired) electrons. The molecule has 1 atom stereocenters. The molecule has 2 aliphatic rings. The lowest BCUT2D eigenvalue weighted by Crippen LogP contribution is -2.56. The van der Waals surface area contributed by atoms with Crippen molar-refractivity contribution in [1.29, 1.82) is 0 Å². The van der Waals surface area contributed by atoms with E-state index in [1.54, 1.807) is 12.0 Å². The first-order valence-corrected chi connectivity index (χ1v) is 10.4. The third-order valence-corrected chi connectivity index (χ3v) is 7.34. The van der Waals surface area contributed by atoms with Gasteiger partial charge in [0.05, 0.1) is 17.4 Å². The van der Waals surface area contributed by atoms with Gasteiger partial charge in [0.25, 0.3) is 0 Å². The molecule has 26 heavy (non-hydrogen) atoms. The number of piperidine rings is 1. The summed E-state index contributed by atoms with van der Waals surface area (Å²) in [5.41, 5.74) is 1.16. The van der Waals surface area contributed by atoms with E-state index in [1.807, 2.05) is 35.2 Å². The Labute approximate surface area is 156 Å². The van der Waals surface area contributed by atoms with Crippen LogP contribution in [0.5, 0.6) is 0 Å². The molecule has 0 aliphatic carbocycles. The SMILES string of the molecule is COCCN1C(=O)CS(=O)C12CCN(C(=O)CCc1ccccc1)CC2. The quantitative estimate of drug-likeness (QED) is 0.745. The normalized spacial score (nSPS) is 22.2. The van der Waals surface area contributed by atoms with Crippen LogP contribution in [0.15, 0.2) is 30.3 Å².